The fourth-order valence-corrected chi connectivity index (χ4v) is 1.92. The zero-order valence-corrected chi connectivity index (χ0v) is 10.0. The van der Waals surface area contributed by atoms with Gasteiger partial charge in [0.25, 0.3) is 0 Å². The maximum Gasteiger partial charge on any atom is 0.153 e. The minimum atomic E-state index is -0.109. The van der Waals surface area contributed by atoms with E-state index in [4.69, 9.17) is 18.7 Å². The first-order valence-electron chi connectivity index (χ1n) is 5.80. The zero-order valence-electron chi connectivity index (χ0n) is 10.3. The van der Waals surface area contributed by atoms with Gasteiger partial charge in [-0.2, -0.15) is 0 Å². The van der Waals surface area contributed by atoms with Gasteiger partial charge in [0, 0.05) is 10.6 Å². The minimum Gasteiger partial charge on any atom is -0.382 e. The van der Waals surface area contributed by atoms with Crippen LogP contribution in [0.3, 0.4) is 0 Å². The smallest absolute Gasteiger partial charge is 0.153 e. The van der Waals surface area contributed by atoms with Crippen molar-refractivity contribution < 1.29 is 1.37 Å². The van der Waals surface area contributed by atoms with Crippen molar-refractivity contribution in [3.8, 4) is 11.3 Å². The molecular weight excluding hydrogens is 248 g/mol. The molecule has 2 aromatic heterocycles. The Morgan fingerprint density at radius 1 is 1.17 bits per heavy atom. The number of hydrogen-bond acceptors (Lipinski definition) is 4. The molecule has 5 heteroatoms. The first-order chi connectivity index (χ1) is 9.13. The maximum absolute atomic E-state index is 7.42. The first-order valence-corrected chi connectivity index (χ1v) is 5.68. The number of anilines is 1. The Bertz CT molecular complexity index is 776. The molecule has 0 amide bonds. The number of fused-ring (bicyclic) bond motifs is 1. The van der Waals surface area contributed by atoms with Crippen LogP contribution in [0.1, 0.15) is 1.37 Å². The molecule has 0 saturated heterocycles. The Morgan fingerprint density at radius 2 is 2.06 bits per heavy atom. The topological polar surface area (TPSA) is 64.7 Å². The summed E-state index contributed by atoms with van der Waals surface area (Å²) in [6.07, 6.45) is -0.109. The lowest BCUT2D eigenvalue weighted by molar-refractivity contribution is 1.21. The molecule has 4 nitrogen and oxygen atoms in total. The number of nitrogens with zero attached hydrogens (tertiary/aromatic N) is 3. The highest BCUT2D eigenvalue weighted by molar-refractivity contribution is 6.30. The monoisotopic (exact) mass is 257 g/mol. The molecule has 3 rings (SSSR count). The van der Waals surface area contributed by atoms with Crippen LogP contribution in [0.25, 0.3) is 22.3 Å². The molecule has 0 bridgehead atoms. The van der Waals surface area contributed by atoms with E-state index in [2.05, 4.69) is 15.0 Å². The van der Waals surface area contributed by atoms with Gasteiger partial charge in [0.15, 0.2) is 5.82 Å². The minimum absolute atomic E-state index is 0.109. The highest BCUT2D eigenvalue weighted by Crippen LogP contribution is 2.24. The number of nitrogen functional groups attached to an aromatic ring is 1. The molecule has 0 atom stereocenters. The number of rotatable bonds is 1. The van der Waals surface area contributed by atoms with Crippen LogP contribution in [0.5, 0.6) is 0 Å². The van der Waals surface area contributed by atoms with Crippen LogP contribution in [0.2, 0.25) is 5.02 Å². The molecule has 2 heterocycles. The van der Waals surface area contributed by atoms with Gasteiger partial charge in [-0.15, -0.1) is 0 Å². The van der Waals surface area contributed by atoms with Crippen LogP contribution in [0.15, 0.2) is 42.7 Å². The molecule has 0 radical (unpaired) electrons. The summed E-state index contributed by atoms with van der Waals surface area (Å²) in [6.45, 7) is 0. The largest absolute Gasteiger partial charge is 0.382 e. The summed E-state index contributed by atoms with van der Waals surface area (Å²) >= 11 is 5.96. The highest BCUT2D eigenvalue weighted by Gasteiger charge is 2.05. The standard InChI is InChI=1S/C13H9ClN4/c14-9-3-1-2-8(6-9)10-4-5-11-12(18-10)13(15)17-7-16-11/h1-7H,(H2,15,16,17)/i7D. The molecule has 2 N–H and O–H groups in total. The Balaban J connectivity index is 2.22. The molecule has 0 aliphatic rings. The lowest BCUT2D eigenvalue weighted by Gasteiger charge is -2.04. The fourth-order valence-electron chi connectivity index (χ4n) is 1.72. The third-order valence-electron chi connectivity index (χ3n) is 2.58. The van der Waals surface area contributed by atoms with Gasteiger partial charge in [0.05, 0.1) is 11.2 Å². The lowest BCUT2D eigenvalue weighted by atomic mass is 10.1. The van der Waals surface area contributed by atoms with Gasteiger partial charge in [-0.25, -0.2) is 15.0 Å². The summed E-state index contributed by atoms with van der Waals surface area (Å²) in [5.74, 6) is 0.207. The van der Waals surface area contributed by atoms with E-state index in [1.807, 2.05) is 24.3 Å². The average molecular weight is 258 g/mol. The number of aromatic nitrogens is 3. The number of nitrogens with two attached hydrogens (primary N) is 1. The first kappa shape index (κ1) is 9.79. The third-order valence-corrected chi connectivity index (χ3v) is 2.81. The van der Waals surface area contributed by atoms with Crippen molar-refractivity contribution in [3.63, 3.8) is 0 Å². The fraction of sp³-hybridized carbons (Fsp3) is 0. The molecule has 0 unspecified atom stereocenters. The second-order valence-electron chi connectivity index (χ2n) is 3.78. The lowest BCUT2D eigenvalue weighted by Crippen LogP contribution is -1.96. The molecular formula is C13H9ClN4. The van der Waals surface area contributed by atoms with Crippen molar-refractivity contribution in [2.75, 3.05) is 5.73 Å². The number of hydrogen-bond donors (Lipinski definition) is 1. The van der Waals surface area contributed by atoms with Gasteiger partial charge in [-0.3, -0.25) is 0 Å². The summed E-state index contributed by atoms with van der Waals surface area (Å²) in [7, 11) is 0. The number of pyridine rings is 1. The Morgan fingerprint density at radius 3 is 2.89 bits per heavy atom. The van der Waals surface area contributed by atoms with E-state index in [0.29, 0.717) is 16.1 Å². The molecule has 0 saturated carbocycles. The van der Waals surface area contributed by atoms with Gasteiger partial charge in [0.1, 0.15) is 13.2 Å². The van der Waals surface area contributed by atoms with E-state index in [1.54, 1.807) is 12.1 Å². The van der Waals surface area contributed by atoms with Crippen LogP contribution in [0, 0.1) is 0 Å². The molecule has 0 spiro atoms. The van der Waals surface area contributed by atoms with E-state index < -0.39 is 0 Å². The second kappa shape index (κ2) is 4.23. The highest BCUT2D eigenvalue weighted by atomic mass is 35.5. The van der Waals surface area contributed by atoms with Crippen molar-refractivity contribution in [3.05, 3.63) is 47.7 Å². The van der Waals surface area contributed by atoms with Crippen molar-refractivity contribution in [2.24, 2.45) is 0 Å². The van der Waals surface area contributed by atoms with Crippen LogP contribution in [-0.4, -0.2) is 15.0 Å². The van der Waals surface area contributed by atoms with Crippen LogP contribution in [-0.2, 0) is 0 Å². The van der Waals surface area contributed by atoms with E-state index in [0.717, 1.165) is 11.3 Å². The van der Waals surface area contributed by atoms with Crippen LogP contribution >= 0.6 is 11.6 Å². The van der Waals surface area contributed by atoms with E-state index in [1.165, 1.54) is 0 Å². The second-order valence-corrected chi connectivity index (χ2v) is 4.22. The van der Waals surface area contributed by atoms with Crippen LogP contribution in [0.4, 0.5) is 5.82 Å². The summed E-state index contributed by atoms with van der Waals surface area (Å²) in [5, 5.41) is 0.644. The van der Waals surface area contributed by atoms with Gasteiger partial charge < -0.3 is 5.73 Å². The van der Waals surface area contributed by atoms with Crippen molar-refractivity contribution in [2.45, 2.75) is 0 Å². The zero-order chi connectivity index (χ0) is 13.4. The quantitative estimate of drug-likeness (QED) is 0.728. The van der Waals surface area contributed by atoms with Crippen molar-refractivity contribution in [1.29, 1.82) is 0 Å². The Hall–Kier alpha value is -2.20. The van der Waals surface area contributed by atoms with Gasteiger partial charge >= 0.3 is 0 Å². The van der Waals surface area contributed by atoms with E-state index >= 15 is 0 Å². The van der Waals surface area contributed by atoms with Gasteiger partial charge in [-0.05, 0) is 24.3 Å². The summed E-state index contributed by atoms with van der Waals surface area (Å²) in [6, 6.07) is 11.0. The molecule has 18 heavy (non-hydrogen) atoms. The predicted octanol–water partition coefficient (Wildman–Crippen LogP) is 2.93. The summed E-state index contributed by atoms with van der Waals surface area (Å²) in [4.78, 5) is 12.2. The molecule has 0 fully saturated rings. The van der Waals surface area contributed by atoms with E-state index in [-0.39, 0.29) is 12.1 Å². The SMILES string of the molecule is [2H]c1nc(N)c2nc(-c3cccc(Cl)c3)ccc2n1. The third kappa shape index (κ3) is 1.87. The molecule has 1 aromatic carbocycles. The normalized spacial score (nSPS) is 11.5. The molecule has 0 aliphatic heterocycles. The molecule has 0 aliphatic carbocycles. The number of halogens is 1. The van der Waals surface area contributed by atoms with Crippen molar-refractivity contribution in [1.82, 2.24) is 15.0 Å². The average Bonchev–Trinajstić information content (AvgIpc) is 2.38. The summed E-state index contributed by atoms with van der Waals surface area (Å²) in [5.41, 5.74) is 8.46. The maximum atomic E-state index is 7.42. The number of benzene rings is 1. The Kier molecular flexibility index (Phi) is 2.30. The molecule has 88 valence electrons. The van der Waals surface area contributed by atoms with Crippen molar-refractivity contribution >= 4 is 28.5 Å². The Labute approximate surface area is 110 Å². The van der Waals surface area contributed by atoms with Gasteiger partial charge in [-0.1, -0.05) is 23.7 Å². The van der Waals surface area contributed by atoms with Crippen LogP contribution < -0.4 is 5.73 Å². The van der Waals surface area contributed by atoms with Gasteiger partial charge in [0.2, 0.25) is 0 Å². The van der Waals surface area contributed by atoms with E-state index in [9.17, 15) is 0 Å². The summed E-state index contributed by atoms with van der Waals surface area (Å²) < 4.78 is 7.42. The predicted molar refractivity (Wildman–Crippen MR) is 72.2 cm³/mol. The molecule has 3 aromatic rings.